The van der Waals surface area contributed by atoms with Crippen LogP contribution in [0, 0.1) is 0 Å². The monoisotopic (exact) mass is 269 g/mol. The van der Waals surface area contributed by atoms with Gasteiger partial charge in [-0.1, -0.05) is 20.8 Å². The van der Waals surface area contributed by atoms with Crippen LogP contribution in [0.2, 0.25) is 0 Å². The van der Waals surface area contributed by atoms with Gasteiger partial charge < -0.3 is 5.32 Å². The molecule has 0 radical (unpaired) electrons. The van der Waals surface area contributed by atoms with E-state index in [9.17, 15) is 0 Å². The van der Waals surface area contributed by atoms with Crippen LogP contribution >= 0.6 is 11.8 Å². The molecular formula is C14H27N3S. The maximum Gasteiger partial charge on any atom is 0.0694 e. The van der Waals surface area contributed by atoms with Crippen molar-refractivity contribution in [1.82, 2.24) is 15.1 Å². The van der Waals surface area contributed by atoms with E-state index in [2.05, 4.69) is 44.3 Å². The number of hydrogen-bond acceptors (Lipinski definition) is 3. The molecule has 1 atom stereocenters. The van der Waals surface area contributed by atoms with Crippen molar-refractivity contribution in [2.45, 2.75) is 52.6 Å². The number of aryl methyl sites for hydroxylation is 1. The zero-order chi connectivity index (χ0) is 13.5. The molecule has 1 rings (SSSR count). The molecule has 104 valence electrons. The van der Waals surface area contributed by atoms with Gasteiger partial charge in [0.05, 0.1) is 5.69 Å². The summed E-state index contributed by atoms with van der Waals surface area (Å²) in [4.78, 5) is 0. The summed E-state index contributed by atoms with van der Waals surface area (Å²) < 4.78 is 1.92. The fourth-order valence-corrected chi connectivity index (χ4v) is 2.78. The van der Waals surface area contributed by atoms with E-state index < -0.39 is 0 Å². The van der Waals surface area contributed by atoms with Crippen LogP contribution in [0.5, 0.6) is 0 Å². The van der Waals surface area contributed by atoms with E-state index in [1.165, 1.54) is 29.2 Å². The average Bonchev–Trinajstić information content (AvgIpc) is 2.68. The van der Waals surface area contributed by atoms with Gasteiger partial charge in [-0.25, -0.2) is 0 Å². The fourth-order valence-electron chi connectivity index (χ4n) is 1.97. The Morgan fingerprint density at radius 2 is 2.11 bits per heavy atom. The molecule has 1 heterocycles. The molecule has 0 aliphatic heterocycles. The van der Waals surface area contributed by atoms with Crippen molar-refractivity contribution < 1.29 is 0 Å². The molecule has 0 aliphatic carbocycles. The van der Waals surface area contributed by atoms with Crippen LogP contribution in [0.4, 0.5) is 0 Å². The Hall–Kier alpha value is -0.480. The Labute approximate surface area is 116 Å². The topological polar surface area (TPSA) is 29.9 Å². The van der Waals surface area contributed by atoms with Crippen LogP contribution in [0.15, 0.2) is 6.20 Å². The van der Waals surface area contributed by atoms with Crippen molar-refractivity contribution >= 4 is 11.8 Å². The molecule has 0 saturated heterocycles. The summed E-state index contributed by atoms with van der Waals surface area (Å²) in [5.41, 5.74) is 2.56. The van der Waals surface area contributed by atoms with E-state index in [1.54, 1.807) is 0 Å². The number of aromatic nitrogens is 2. The first-order valence-electron chi connectivity index (χ1n) is 6.88. The smallest absolute Gasteiger partial charge is 0.0694 e. The summed E-state index contributed by atoms with van der Waals surface area (Å²) in [6, 6.07) is 0.573. The number of hydrogen-bond donors (Lipinski definition) is 1. The van der Waals surface area contributed by atoms with E-state index >= 15 is 0 Å². The van der Waals surface area contributed by atoms with Crippen LogP contribution in [-0.4, -0.2) is 27.3 Å². The Balaban J connectivity index is 2.42. The van der Waals surface area contributed by atoms with Gasteiger partial charge in [0.2, 0.25) is 0 Å². The molecule has 0 bridgehead atoms. The summed E-state index contributed by atoms with van der Waals surface area (Å²) in [6.07, 6.45) is 3.37. The number of thioether (sulfide) groups is 1. The van der Waals surface area contributed by atoms with Crippen molar-refractivity contribution in [3.63, 3.8) is 0 Å². The zero-order valence-electron chi connectivity index (χ0n) is 12.4. The molecule has 18 heavy (non-hydrogen) atoms. The highest BCUT2D eigenvalue weighted by Crippen LogP contribution is 2.17. The highest BCUT2D eigenvalue weighted by atomic mass is 32.2. The second-order valence-electron chi connectivity index (χ2n) is 5.14. The largest absolute Gasteiger partial charge is 0.310 e. The molecule has 3 nitrogen and oxygen atoms in total. The van der Waals surface area contributed by atoms with Crippen LogP contribution in [0.1, 0.15) is 51.3 Å². The highest BCUT2D eigenvalue weighted by Gasteiger charge is 2.11. The lowest BCUT2D eigenvalue weighted by Gasteiger charge is -2.13. The van der Waals surface area contributed by atoms with Crippen LogP contribution in [0.25, 0.3) is 0 Å². The minimum absolute atomic E-state index is 0.494. The van der Waals surface area contributed by atoms with Gasteiger partial charge in [-0.3, -0.25) is 4.68 Å². The molecule has 1 aromatic rings. The van der Waals surface area contributed by atoms with Gasteiger partial charge in [0, 0.05) is 31.4 Å². The predicted octanol–water partition coefficient (Wildman–Crippen LogP) is 3.16. The van der Waals surface area contributed by atoms with Crippen LogP contribution < -0.4 is 5.32 Å². The van der Waals surface area contributed by atoms with Crippen LogP contribution in [-0.2, 0) is 13.6 Å². The van der Waals surface area contributed by atoms with E-state index in [1.807, 2.05) is 23.5 Å². The maximum atomic E-state index is 4.54. The molecule has 1 N–H and O–H groups in total. The Bertz CT molecular complexity index is 347. The standard InChI is InChI=1S/C14H27N3S/c1-6-18-8-7-12(4)15-9-13-10-17(5)16-14(13)11(2)3/h10-12,15H,6-9H2,1-5H3. The molecule has 0 saturated carbocycles. The first-order chi connectivity index (χ1) is 8.54. The summed E-state index contributed by atoms with van der Waals surface area (Å²) in [6.45, 7) is 9.81. The third-order valence-corrected chi connectivity index (χ3v) is 3.96. The number of nitrogens with one attached hydrogen (secondary N) is 1. The number of nitrogens with zero attached hydrogens (tertiary/aromatic N) is 2. The summed E-state index contributed by atoms with van der Waals surface area (Å²) in [7, 11) is 2.00. The van der Waals surface area contributed by atoms with Gasteiger partial charge in [0.25, 0.3) is 0 Å². The molecular weight excluding hydrogens is 242 g/mol. The van der Waals surface area contributed by atoms with E-state index in [0.29, 0.717) is 12.0 Å². The number of rotatable bonds is 8. The van der Waals surface area contributed by atoms with Gasteiger partial charge in [0.15, 0.2) is 0 Å². The minimum Gasteiger partial charge on any atom is -0.310 e. The zero-order valence-corrected chi connectivity index (χ0v) is 13.2. The molecule has 0 amide bonds. The lowest BCUT2D eigenvalue weighted by Crippen LogP contribution is -2.26. The van der Waals surface area contributed by atoms with Crippen molar-refractivity contribution in [3.8, 4) is 0 Å². The molecule has 1 aromatic heterocycles. The van der Waals surface area contributed by atoms with Crippen molar-refractivity contribution in [2.75, 3.05) is 11.5 Å². The van der Waals surface area contributed by atoms with E-state index in [4.69, 9.17) is 0 Å². The van der Waals surface area contributed by atoms with E-state index in [-0.39, 0.29) is 0 Å². The van der Waals surface area contributed by atoms with Gasteiger partial charge in [-0.2, -0.15) is 16.9 Å². The highest BCUT2D eigenvalue weighted by molar-refractivity contribution is 7.99. The Morgan fingerprint density at radius 1 is 1.39 bits per heavy atom. The third kappa shape index (κ3) is 5.02. The van der Waals surface area contributed by atoms with Crippen molar-refractivity contribution in [1.29, 1.82) is 0 Å². The normalized spacial score (nSPS) is 13.2. The van der Waals surface area contributed by atoms with Crippen molar-refractivity contribution in [3.05, 3.63) is 17.5 Å². The summed E-state index contributed by atoms with van der Waals surface area (Å²) in [5, 5.41) is 8.14. The fraction of sp³-hybridized carbons (Fsp3) is 0.786. The summed E-state index contributed by atoms with van der Waals surface area (Å²) in [5.74, 6) is 2.95. The van der Waals surface area contributed by atoms with E-state index in [0.717, 1.165) is 6.54 Å². The first kappa shape index (κ1) is 15.6. The molecule has 0 aromatic carbocycles. The first-order valence-corrected chi connectivity index (χ1v) is 8.03. The van der Waals surface area contributed by atoms with Crippen LogP contribution in [0.3, 0.4) is 0 Å². The molecule has 0 fully saturated rings. The molecule has 0 spiro atoms. The lowest BCUT2D eigenvalue weighted by atomic mass is 10.1. The molecule has 1 unspecified atom stereocenters. The van der Waals surface area contributed by atoms with Gasteiger partial charge >= 0.3 is 0 Å². The maximum absolute atomic E-state index is 4.54. The quantitative estimate of drug-likeness (QED) is 0.735. The predicted molar refractivity (Wildman–Crippen MR) is 81.2 cm³/mol. The molecule has 0 aliphatic rings. The van der Waals surface area contributed by atoms with Crippen molar-refractivity contribution in [2.24, 2.45) is 7.05 Å². The third-order valence-electron chi connectivity index (χ3n) is 3.02. The average molecular weight is 269 g/mol. The lowest BCUT2D eigenvalue weighted by molar-refractivity contribution is 0.534. The SMILES string of the molecule is CCSCCC(C)NCc1cn(C)nc1C(C)C. The Morgan fingerprint density at radius 3 is 2.72 bits per heavy atom. The Kier molecular flexibility index (Phi) is 6.79. The van der Waals surface area contributed by atoms with Gasteiger partial charge in [-0.05, 0) is 30.8 Å². The second kappa shape index (κ2) is 7.85. The van der Waals surface area contributed by atoms with Gasteiger partial charge in [0.1, 0.15) is 0 Å². The molecule has 4 heteroatoms. The minimum atomic E-state index is 0.494. The van der Waals surface area contributed by atoms with Gasteiger partial charge in [-0.15, -0.1) is 0 Å². The summed E-state index contributed by atoms with van der Waals surface area (Å²) >= 11 is 2.01. The second-order valence-corrected chi connectivity index (χ2v) is 6.53.